The zero-order valence-corrected chi connectivity index (χ0v) is 12.5. The quantitative estimate of drug-likeness (QED) is 0.934. The molecular formula is C17H14F3NO3. The molecule has 0 aromatic heterocycles. The van der Waals surface area contributed by atoms with E-state index in [2.05, 4.69) is 5.32 Å². The molecular weight excluding hydrogens is 323 g/mol. The fourth-order valence-electron chi connectivity index (χ4n) is 2.29. The van der Waals surface area contributed by atoms with Crippen LogP contribution in [0.1, 0.15) is 21.5 Å². The number of carbonyl (C=O) groups excluding carboxylic acids is 1. The number of fused-ring (bicyclic) bond motifs is 1. The summed E-state index contributed by atoms with van der Waals surface area (Å²) >= 11 is 0. The van der Waals surface area contributed by atoms with Gasteiger partial charge in [0.25, 0.3) is 5.91 Å². The van der Waals surface area contributed by atoms with Gasteiger partial charge in [0.15, 0.2) is 11.5 Å². The number of hydrogen-bond acceptors (Lipinski definition) is 3. The van der Waals surface area contributed by atoms with Crippen LogP contribution in [0.25, 0.3) is 0 Å². The number of hydrogen-bond donors (Lipinski definition) is 1. The summed E-state index contributed by atoms with van der Waals surface area (Å²) in [6.07, 6.45) is -4.42. The third-order valence-electron chi connectivity index (χ3n) is 3.53. The van der Waals surface area contributed by atoms with E-state index in [9.17, 15) is 18.0 Å². The molecule has 0 atom stereocenters. The Morgan fingerprint density at radius 3 is 2.33 bits per heavy atom. The van der Waals surface area contributed by atoms with E-state index in [0.29, 0.717) is 24.7 Å². The van der Waals surface area contributed by atoms with Crippen LogP contribution in [0.3, 0.4) is 0 Å². The molecule has 4 nitrogen and oxygen atoms in total. The number of halogens is 3. The number of amides is 1. The number of benzene rings is 2. The normalized spacial score (nSPS) is 13.5. The summed E-state index contributed by atoms with van der Waals surface area (Å²) in [6, 6.07) is 9.40. The average molecular weight is 337 g/mol. The summed E-state index contributed by atoms with van der Waals surface area (Å²) in [5.41, 5.74) is 0.186. The maximum atomic E-state index is 12.5. The van der Waals surface area contributed by atoms with E-state index in [1.807, 2.05) is 0 Å². The Balaban J connectivity index is 1.63. The van der Waals surface area contributed by atoms with E-state index in [1.165, 1.54) is 0 Å². The van der Waals surface area contributed by atoms with Crippen LogP contribution < -0.4 is 14.8 Å². The number of alkyl halides is 3. The monoisotopic (exact) mass is 337 g/mol. The van der Waals surface area contributed by atoms with Crippen LogP contribution in [-0.4, -0.2) is 19.1 Å². The molecule has 0 aliphatic carbocycles. The largest absolute Gasteiger partial charge is 0.486 e. The Morgan fingerprint density at radius 1 is 1.00 bits per heavy atom. The average Bonchev–Trinajstić information content (AvgIpc) is 2.59. The number of ether oxygens (including phenoxy) is 2. The third kappa shape index (κ3) is 3.61. The van der Waals surface area contributed by atoms with Crippen molar-refractivity contribution in [1.29, 1.82) is 0 Å². The van der Waals surface area contributed by atoms with Crippen molar-refractivity contribution in [2.24, 2.45) is 0 Å². The van der Waals surface area contributed by atoms with Crippen molar-refractivity contribution in [3.8, 4) is 11.5 Å². The molecule has 1 aliphatic heterocycles. The molecule has 126 valence electrons. The molecule has 1 heterocycles. The van der Waals surface area contributed by atoms with Gasteiger partial charge in [0.2, 0.25) is 0 Å². The van der Waals surface area contributed by atoms with Crippen LogP contribution in [0.4, 0.5) is 13.2 Å². The van der Waals surface area contributed by atoms with E-state index in [1.54, 1.807) is 18.2 Å². The molecule has 7 heteroatoms. The fraction of sp³-hybridized carbons (Fsp3) is 0.235. The Kier molecular flexibility index (Phi) is 4.33. The van der Waals surface area contributed by atoms with Crippen molar-refractivity contribution >= 4 is 5.91 Å². The molecule has 0 spiro atoms. The van der Waals surface area contributed by atoms with E-state index in [4.69, 9.17) is 9.47 Å². The maximum Gasteiger partial charge on any atom is 0.416 e. The fourth-order valence-corrected chi connectivity index (χ4v) is 2.29. The summed E-state index contributed by atoms with van der Waals surface area (Å²) in [6.45, 7) is 1.20. The molecule has 1 aliphatic rings. The highest BCUT2D eigenvalue weighted by atomic mass is 19.4. The van der Waals surface area contributed by atoms with E-state index in [0.717, 1.165) is 29.8 Å². The number of carbonyl (C=O) groups is 1. The van der Waals surface area contributed by atoms with Gasteiger partial charge < -0.3 is 14.8 Å². The Hall–Kier alpha value is -2.70. The maximum absolute atomic E-state index is 12.5. The van der Waals surface area contributed by atoms with Crippen LogP contribution in [0.2, 0.25) is 0 Å². The van der Waals surface area contributed by atoms with Gasteiger partial charge in [-0.2, -0.15) is 13.2 Å². The first-order valence-electron chi connectivity index (χ1n) is 7.27. The van der Waals surface area contributed by atoms with E-state index >= 15 is 0 Å². The molecule has 0 radical (unpaired) electrons. The van der Waals surface area contributed by atoms with E-state index in [-0.39, 0.29) is 12.1 Å². The lowest BCUT2D eigenvalue weighted by Crippen LogP contribution is -2.23. The minimum absolute atomic E-state index is 0.167. The van der Waals surface area contributed by atoms with Gasteiger partial charge in [0.05, 0.1) is 5.56 Å². The molecule has 1 amide bonds. The molecule has 0 fully saturated rings. The lowest BCUT2D eigenvalue weighted by atomic mass is 10.1. The molecule has 2 aromatic carbocycles. The van der Waals surface area contributed by atoms with Gasteiger partial charge in [0, 0.05) is 12.1 Å². The SMILES string of the molecule is O=C(NCc1ccc2c(c1)OCCO2)c1ccc(C(F)(F)F)cc1. The molecule has 0 saturated carbocycles. The highest BCUT2D eigenvalue weighted by molar-refractivity contribution is 5.94. The Morgan fingerprint density at radius 2 is 1.67 bits per heavy atom. The van der Waals surface area contributed by atoms with Crippen LogP contribution >= 0.6 is 0 Å². The Labute approximate surface area is 136 Å². The first kappa shape index (κ1) is 16.2. The summed E-state index contributed by atoms with van der Waals surface area (Å²) < 4.78 is 48.4. The highest BCUT2D eigenvalue weighted by Gasteiger charge is 2.30. The van der Waals surface area contributed by atoms with Gasteiger partial charge in [-0.15, -0.1) is 0 Å². The number of rotatable bonds is 3. The molecule has 2 aromatic rings. The Bertz CT molecular complexity index is 742. The lowest BCUT2D eigenvalue weighted by Gasteiger charge is -2.19. The lowest BCUT2D eigenvalue weighted by molar-refractivity contribution is -0.137. The van der Waals surface area contributed by atoms with Gasteiger partial charge in [-0.3, -0.25) is 4.79 Å². The first-order chi connectivity index (χ1) is 11.4. The minimum Gasteiger partial charge on any atom is -0.486 e. The van der Waals surface area contributed by atoms with Crippen LogP contribution in [0.5, 0.6) is 11.5 Å². The second-order valence-electron chi connectivity index (χ2n) is 5.24. The third-order valence-corrected chi connectivity index (χ3v) is 3.53. The standard InChI is InChI=1S/C17H14F3NO3/c18-17(19,20)13-4-2-12(3-5-13)16(22)21-10-11-1-6-14-15(9-11)24-8-7-23-14/h1-6,9H,7-8,10H2,(H,21,22). The van der Waals surface area contributed by atoms with Gasteiger partial charge in [-0.1, -0.05) is 6.07 Å². The van der Waals surface area contributed by atoms with Crippen LogP contribution in [-0.2, 0) is 12.7 Å². The van der Waals surface area contributed by atoms with Crippen molar-refractivity contribution in [2.75, 3.05) is 13.2 Å². The van der Waals surface area contributed by atoms with Crippen molar-refractivity contribution in [3.63, 3.8) is 0 Å². The summed E-state index contributed by atoms with van der Waals surface area (Å²) in [7, 11) is 0. The highest BCUT2D eigenvalue weighted by Crippen LogP contribution is 2.31. The van der Waals surface area contributed by atoms with Crippen LogP contribution in [0.15, 0.2) is 42.5 Å². The van der Waals surface area contributed by atoms with E-state index < -0.39 is 17.6 Å². The molecule has 0 saturated heterocycles. The van der Waals surface area contributed by atoms with Gasteiger partial charge in [-0.25, -0.2) is 0 Å². The predicted octanol–water partition coefficient (Wildman–Crippen LogP) is 3.41. The zero-order chi connectivity index (χ0) is 17.2. The second kappa shape index (κ2) is 6.43. The summed E-state index contributed by atoms with van der Waals surface area (Å²) in [4.78, 5) is 12.0. The van der Waals surface area contributed by atoms with Gasteiger partial charge >= 0.3 is 6.18 Å². The summed E-state index contributed by atoms with van der Waals surface area (Å²) in [5.74, 6) is 0.820. The smallest absolute Gasteiger partial charge is 0.416 e. The van der Waals surface area contributed by atoms with Crippen molar-refractivity contribution in [2.45, 2.75) is 12.7 Å². The van der Waals surface area contributed by atoms with Crippen molar-refractivity contribution in [1.82, 2.24) is 5.32 Å². The predicted molar refractivity (Wildman–Crippen MR) is 80.0 cm³/mol. The molecule has 0 bridgehead atoms. The first-order valence-corrected chi connectivity index (χ1v) is 7.27. The molecule has 3 rings (SSSR count). The zero-order valence-electron chi connectivity index (χ0n) is 12.5. The van der Waals surface area contributed by atoms with Gasteiger partial charge in [0.1, 0.15) is 13.2 Å². The summed E-state index contributed by atoms with van der Waals surface area (Å²) in [5, 5.41) is 2.66. The van der Waals surface area contributed by atoms with Crippen LogP contribution in [0, 0.1) is 0 Å². The molecule has 0 unspecified atom stereocenters. The van der Waals surface area contributed by atoms with Crippen molar-refractivity contribution < 1.29 is 27.4 Å². The van der Waals surface area contributed by atoms with Crippen molar-refractivity contribution in [3.05, 3.63) is 59.2 Å². The topological polar surface area (TPSA) is 47.6 Å². The molecule has 24 heavy (non-hydrogen) atoms. The number of nitrogens with one attached hydrogen (secondary N) is 1. The second-order valence-corrected chi connectivity index (χ2v) is 5.24. The minimum atomic E-state index is -4.42. The van der Waals surface area contributed by atoms with Gasteiger partial charge in [-0.05, 0) is 42.0 Å². The molecule has 1 N–H and O–H groups in total.